The number of nitrogens with one attached hydrogen (secondary N) is 2. The molecule has 112 valence electrons. The molecule has 2 unspecified atom stereocenters. The standard InChI is InChI=1S/C15H23FN2O2/c1-10(2)14(18-9-8-17-11(3)19)15(20)12-4-6-13(16)7-5-12/h4-7,10,14-15,18,20H,8-9H2,1-3H3,(H,17,19). The molecular weight excluding hydrogens is 259 g/mol. The van der Waals surface area contributed by atoms with Crippen LogP contribution in [0.4, 0.5) is 4.39 Å². The summed E-state index contributed by atoms with van der Waals surface area (Å²) in [5.41, 5.74) is 0.678. The predicted molar refractivity (Wildman–Crippen MR) is 76.7 cm³/mol. The molecule has 1 aromatic carbocycles. The van der Waals surface area contributed by atoms with E-state index in [0.717, 1.165) is 0 Å². The molecule has 5 heteroatoms. The van der Waals surface area contributed by atoms with E-state index in [-0.39, 0.29) is 23.7 Å². The minimum absolute atomic E-state index is 0.0769. The van der Waals surface area contributed by atoms with Gasteiger partial charge in [-0.25, -0.2) is 4.39 Å². The van der Waals surface area contributed by atoms with Crippen molar-refractivity contribution in [3.8, 4) is 0 Å². The van der Waals surface area contributed by atoms with Crippen molar-refractivity contribution in [2.24, 2.45) is 5.92 Å². The fraction of sp³-hybridized carbons (Fsp3) is 0.533. The molecule has 1 amide bonds. The van der Waals surface area contributed by atoms with Crippen molar-refractivity contribution in [1.82, 2.24) is 10.6 Å². The molecule has 3 N–H and O–H groups in total. The molecule has 1 aromatic rings. The van der Waals surface area contributed by atoms with Gasteiger partial charge in [0.25, 0.3) is 0 Å². The third kappa shape index (κ3) is 5.27. The van der Waals surface area contributed by atoms with E-state index >= 15 is 0 Å². The molecule has 0 fully saturated rings. The number of aliphatic hydroxyl groups excluding tert-OH is 1. The van der Waals surface area contributed by atoms with E-state index in [9.17, 15) is 14.3 Å². The molecular formula is C15H23FN2O2. The quantitative estimate of drug-likeness (QED) is 0.666. The van der Waals surface area contributed by atoms with E-state index < -0.39 is 6.10 Å². The fourth-order valence-corrected chi connectivity index (χ4v) is 2.06. The lowest BCUT2D eigenvalue weighted by molar-refractivity contribution is -0.118. The molecule has 0 saturated carbocycles. The van der Waals surface area contributed by atoms with Crippen LogP contribution >= 0.6 is 0 Å². The Kier molecular flexibility index (Phi) is 6.61. The molecule has 0 aliphatic carbocycles. The van der Waals surface area contributed by atoms with Crippen LogP contribution in [0.3, 0.4) is 0 Å². The summed E-state index contributed by atoms with van der Waals surface area (Å²) in [5, 5.41) is 16.3. The Hall–Kier alpha value is -1.46. The van der Waals surface area contributed by atoms with Crippen molar-refractivity contribution >= 4 is 5.91 Å². The molecule has 0 aliphatic rings. The summed E-state index contributed by atoms with van der Waals surface area (Å²) in [4.78, 5) is 10.8. The van der Waals surface area contributed by atoms with Crippen molar-refractivity contribution in [1.29, 1.82) is 0 Å². The molecule has 20 heavy (non-hydrogen) atoms. The second-order valence-electron chi connectivity index (χ2n) is 5.20. The number of amides is 1. The van der Waals surface area contributed by atoms with Crippen LogP contribution in [0, 0.1) is 11.7 Å². The normalized spacial score (nSPS) is 14.1. The first-order valence-corrected chi connectivity index (χ1v) is 6.83. The third-order valence-corrected chi connectivity index (χ3v) is 3.15. The van der Waals surface area contributed by atoms with Crippen LogP contribution in [0.25, 0.3) is 0 Å². The predicted octanol–water partition coefficient (Wildman–Crippen LogP) is 1.61. The number of hydrogen-bond donors (Lipinski definition) is 3. The van der Waals surface area contributed by atoms with Gasteiger partial charge in [-0.05, 0) is 23.6 Å². The number of rotatable bonds is 7. The average Bonchev–Trinajstić information content (AvgIpc) is 2.38. The van der Waals surface area contributed by atoms with Crippen molar-refractivity contribution < 1.29 is 14.3 Å². The van der Waals surface area contributed by atoms with Crippen molar-refractivity contribution in [3.05, 3.63) is 35.6 Å². The van der Waals surface area contributed by atoms with Gasteiger partial charge in [-0.2, -0.15) is 0 Å². The molecule has 2 atom stereocenters. The summed E-state index contributed by atoms with van der Waals surface area (Å²) in [6.07, 6.45) is -0.715. The summed E-state index contributed by atoms with van der Waals surface area (Å²) >= 11 is 0. The van der Waals surface area contributed by atoms with E-state index in [1.807, 2.05) is 13.8 Å². The van der Waals surface area contributed by atoms with E-state index in [1.54, 1.807) is 12.1 Å². The Bertz CT molecular complexity index is 420. The minimum atomic E-state index is -0.715. The van der Waals surface area contributed by atoms with Crippen LogP contribution in [0.5, 0.6) is 0 Å². The Balaban J connectivity index is 2.60. The van der Waals surface area contributed by atoms with E-state index in [4.69, 9.17) is 0 Å². The largest absolute Gasteiger partial charge is 0.387 e. The summed E-state index contributed by atoms with van der Waals surface area (Å²) in [5.74, 6) is -0.194. The molecule has 0 bridgehead atoms. The van der Waals surface area contributed by atoms with Gasteiger partial charge in [0.15, 0.2) is 0 Å². The maximum atomic E-state index is 12.9. The number of carbonyl (C=O) groups is 1. The highest BCUT2D eigenvalue weighted by molar-refractivity contribution is 5.72. The number of benzene rings is 1. The number of halogens is 1. The van der Waals surface area contributed by atoms with Gasteiger partial charge in [-0.1, -0.05) is 26.0 Å². The highest BCUT2D eigenvalue weighted by Gasteiger charge is 2.23. The lowest BCUT2D eigenvalue weighted by atomic mass is 9.93. The summed E-state index contributed by atoms with van der Waals surface area (Å²) < 4.78 is 12.9. The summed E-state index contributed by atoms with van der Waals surface area (Å²) in [7, 11) is 0. The monoisotopic (exact) mass is 282 g/mol. The van der Waals surface area contributed by atoms with Crippen molar-refractivity contribution in [2.75, 3.05) is 13.1 Å². The Morgan fingerprint density at radius 2 is 1.85 bits per heavy atom. The SMILES string of the molecule is CC(=O)NCCNC(C(C)C)C(O)c1ccc(F)cc1. The first-order chi connectivity index (χ1) is 9.41. The minimum Gasteiger partial charge on any atom is -0.387 e. The first-order valence-electron chi connectivity index (χ1n) is 6.83. The number of carbonyl (C=O) groups excluding carboxylic acids is 1. The number of aliphatic hydroxyl groups is 1. The molecule has 4 nitrogen and oxygen atoms in total. The van der Waals surface area contributed by atoms with Gasteiger partial charge in [-0.15, -0.1) is 0 Å². The molecule has 0 radical (unpaired) electrons. The van der Waals surface area contributed by atoms with Crippen LogP contribution in [-0.2, 0) is 4.79 Å². The van der Waals surface area contributed by atoms with Crippen LogP contribution in [-0.4, -0.2) is 30.1 Å². The molecule has 0 spiro atoms. The highest BCUT2D eigenvalue weighted by Crippen LogP contribution is 2.22. The lowest BCUT2D eigenvalue weighted by Crippen LogP contribution is -2.42. The van der Waals surface area contributed by atoms with Crippen LogP contribution in [0.1, 0.15) is 32.4 Å². The van der Waals surface area contributed by atoms with Gasteiger partial charge in [-0.3, -0.25) is 4.79 Å². The molecule has 0 saturated heterocycles. The van der Waals surface area contributed by atoms with Crippen LogP contribution < -0.4 is 10.6 Å². The van der Waals surface area contributed by atoms with E-state index in [2.05, 4.69) is 10.6 Å². The van der Waals surface area contributed by atoms with Gasteiger partial charge in [0.05, 0.1) is 6.10 Å². The fourth-order valence-electron chi connectivity index (χ4n) is 2.06. The zero-order valence-electron chi connectivity index (χ0n) is 12.2. The Morgan fingerprint density at radius 1 is 1.25 bits per heavy atom. The van der Waals surface area contributed by atoms with Gasteiger partial charge in [0.2, 0.25) is 5.91 Å². The second kappa shape index (κ2) is 7.97. The third-order valence-electron chi connectivity index (χ3n) is 3.15. The average molecular weight is 282 g/mol. The van der Waals surface area contributed by atoms with Crippen molar-refractivity contribution in [3.63, 3.8) is 0 Å². The molecule has 0 aliphatic heterocycles. The second-order valence-corrected chi connectivity index (χ2v) is 5.20. The van der Waals surface area contributed by atoms with E-state index in [1.165, 1.54) is 19.1 Å². The van der Waals surface area contributed by atoms with E-state index in [0.29, 0.717) is 18.7 Å². The zero-order chi connectivity index (χ0) is 15.1. The summed E-state index contributed by atoms with van der Waals surface area (Å²) in [6.45, 7) is 6.55. The number of hydrogen-bond acceptors (Lipinski definition) is 3. The Labute approximate surface area is 119 Å². The first kappa shape index (κ1) is 16.6. The highest BCUT2D eigenvalue weighted by atomic mass is 19.1. The summed E-state index contributed by atoms with van der Waals surface area (Å²) in [6, 6.07) is 5.70. The van der Waals surface area contributed by atoms with Crippen molar-refractivity contribution in [2.45, 2.75) is 32.9 Å². The van der Waals surface area contributed by atoms with Gasteiger partial charge < -0.3 is 15.7 Å². The lowest BCUT2D eigenvalue weighted by Gasteiger charge is -2.28. The van der Waals surface area contributed by atoms with Gasteiger partial charge >= 0.3 is 0 Å². The van der Waals surface area contributed by atoms with Gasteiger partial charge in [0.1, 0.15) is 5.82 Å². The zero-order valence-corrected chi connectivity index (χ0v) is 12.2. The maximum absolute atomic E-state index is 12.9. The smallest absolute Gasteiger partial charge is 0.216 e. The van der Waals surface area contributed by atoms with Gasteiger partial charge in [0, 0.05) is 26.1 Å². The topological polar surface area (TPSA) is 61.4 Å². The molecule has 0 heterocycles. The van der Waals surface area contributed by atoms with Crippen LogP contribution in [0.15, 0.2) is 24.3 Å². The molecule has 0 aromatic heterocycles. The Morgan fingerprint density at radius 3 is 2.35 bits per heavy atom. The van der Waals surface area contributed by atoms with Crippen LogP contribution in [0.2, 0.25) is 0 Å². The molecule has 1 rings (SSSR count). The maximum Gasteiger partial charge on any atom is 0.216 e.